The number of rotatable bonds is 10. The molecule has 0 bridgehead atoms. The number of imide groups is 2. The number of hydrogen-bond acceptors (Lipinski definition) is 10. The summed E-state index contributed by atoms with van der Waals surface area (Å²) in [6, 6.07) is 20.3. The lowest BCUT2D eigenvalue weighted by atomic mass is 9.78. The highest BCUT2D eigenvalue weighted by atomic mass is 16.5. The molecule has 3 aromatic carbocycles. The number of ether oxygens (including phenoxy) is 3. The predicted molar refractivity (Wildman–Crippen MR) is 178 cm³/mol. The fraction of sp³-hybridized carbons (Fsp3) is 0.297. The van der Waals surface area contributed by atoms with E-state index in [9.17, 15) is 19.2 Å². The zero-order valence-electron chi connectivity index (χ0n) is 27.3. The molecule has 1 aliphatic carbocycles. The van der Waals surface area contributed by atoms with Crippen molar-refractivity contribution in [3.63, 3.8) is 0 Å². The fourth-order valence-electron chi connectivity index (χ4n) is 6.41. The van der Waals surface area contributed by atoms with Gasteiger partial charge in [0.05, 0.1) is 30.6 Å². The predicted octanol–water partition coefficient (Wildman–Crippen LogP) is 5.03. The van der Waals surface area contributed by atoms with Crippen molar-refractivity contribution >= 4 is 29.3 Å². The first kappa shape index (κ1) is 31.8. The highest BCUT2D eigenvalue weighted by molar-refractivity contribution is 6.23. The smallest absolute Gasteiger partial charge is 0.262 e. The van der Waals surface area contributed by atoms with Crippen LogP contribution in [0.1, 0.15) is 71.4 Å². The maximum atomic E-state index is 13.1. The van der Waals surface area contributed by atoms with Crippen LogP contribution in [-0.2, 0) is 15.0 Å². The van der Waals surface area contributed by atoms with Crippen LogP contribution >= 0.6 is 0 Å². The molecule has 2 fully saturated rings. The number of anilines is 1. The number of methoxy groups -OCH3 is 1. The van der Waals surface area contributed by atoms with E-state index in [2.05, 4.69) is 46.6 Å². The van der Waals surface area contributed by atoms with Gasteiger partial charge in [0.2, 0.25) is 23.6 Å². The van der Waals surface area contributed by atoms with Crippen molar-refractivity contribution in [2.45, 2.75) is 63.1 Å². The Morgan fingerprint density at radius 3 is 2.08 bits per heavy atom. The summed E-state index contributed by atoms with van der Waals surface area (Å²) in [7, 11) is 1.53. The number of carbonyl (C=O) groups is 4. The molecule has 0 spiro atoms. The summed E-state index contributed by atoms with van der Waals surface area (Å²) in [6.45, 7) is 4.34. The van der Waals surface area contributed by atoms with Crippen molar-refractivity contribution in [2.24, 2.45) is 0 Å². The standard InChI is InChI=1S/C37H35N5O7/c1-37(2,22-6-11-26(12-7-22)49-33-20-38-32(47-3)19-39-33)21-4-9-25(10-5-21)48-27-16-24(17-27)40-23-8-13-28-29(18-23)36(46)42(35(28)45)30-14-15-31(43)41-34(30)44/h4-13,18-20,24,27,30,40H,14-17H2,1-3H3,(H,41,43,44). The second-order valence-corrected chi connectivity index (χ2v) is 12.9. The van der Waals surface area contributed by atoms with Gasteiger partial charge in [-0.1, -0.05) is 38.1 Å². The van der Waals surface area contributed by atoms with Crippen LogP contribution in [0.25, 0.3) is 0 Å². The second kappa shape index (κ2) is 12.7. The van der Waals surface area contributed by atoms with Crippen LogP contribution in [0.2, 0.25) is 0 Å². The molecule has 7 rings (SSSR count). The number of nitrogens with zero attached hydrogens (tertiary/aromatic N) is 3. The molecule has 3 aliphatic rings. The third-order valence-electron chi connectivity index (χ3n) is 9.40. The molecule has 12 nitrogen and oxygen atoms in total. The molecule has 1 aromatic heterocycles. The number of piperidine rings is 1. The molecular weight excluding hydrogens is 626 g/mol. The molecule has 2 aliphatic heterocycles. The molecule has 3 heterocycles. The van der Waals surface area contributed by atoms with E-state index in [0.717, 1.165) is 34.6 Å². The van der Waals surface area contributed by atoms with Crippen molar-refractivity contribution < 1.29 is 33.4 Å². The molecule has 1 saturated carbocycles. The van der Waals surface area contributed by atoms with Crippen molar-refractivity contribution in [3.05, 3.63) is 101 Å². The zero-order chi connectivity index (χ0) is 34.3. The summed E-state index contributed by atoms with van der Waals surface area (Å²) in [6.07, 6.45) is 4.82. The van der Waals surface area contributed by atoms with Gasteiger partial charge in [0.15, 0.2) is 0 Å². The molecule has 4 amide bonds. The van der Waals surface area contributed by atoms with E-state index in [1.807, 2.05) is 36.4 Å². The lowest BCUT2D eigenvalue weighted by Crippen LogP contribution is -2.54. The van der Waals surface area contributed by atoms with E-state index >= 15 is 0 Å². The van der Waals surface area contributed by atoms with Gasteiger partial charge in [-0.25, -0.2) is 9.97 Å². The Labute approximate surface area is 282 Å². The van der Waals surface area contributed by atoms with Crippen LogP contribution in [0.4, 0.5) is 5.69 Å². The highest BCUT2D eigenvalue weighted by Crippen LogP contribution is 2.36. The number of nitrogens with one attached hydrogen (secondary N) is 2. The Morgan fingerprint density at radius 2 is 1.45 bits per heavy atom. The molecule has 250 valence electrons. The Hall–Kier alpha value is -5.78. The molecule has 4 aromatic rings. The Bertz CT molecular complexity index is 1920. The van der Waals surface area contributed by atoms with Crippen LogP contribution in [0, 0.1) is 0 Å². The van der Waals surface area contributed by atoms with Gasteiger partial charge in [-0.15, -0.1) is 0 Å². The maximum absolute atomic E-state index is 13.1. The van der Waals surface area contributed by atoms with Gasteiger partial charge in [0.1, 0.15) is 23.6 Å². The van der Waals surface area contributed by atoms with Crippen LogP contribution in [0.15, 0.2) is 79.1 Å². The average Bonchev–Trinajstić information content (AvgIpc) is 3.33. The van der Waals surface area contributed by atoms with Crippen molar-refractivity contribution in [3.8, 4) is 23.3 Å². The highest BCUT2D eigenvalue weighted by Gasteiger charge is 2.44. The Balaban J connectivity index is 0.913. The lowest BCUT2D eigenvalue weighted by molar-refractivity contribution is -0.136. The monoisotopic (exact) mass is 661 g/mol. The lowest BCUT2D eigenvalue weighted by Gasteiger charge is -2.36. The average molecular weight is 662 g/mol. The van der Waals surface area contributed by atoms with Gasteiger partial charge in [0, 0.05) is 36.4 Å². The zero-order valence-corrected chi connectivity index (χ0v) is 27.3. The normalized spacial score (nSPS) is 20.3. The first-order valence-corrected chi connectivity index (χ1v) is 16.1. The van der Waals surface area contributed by atoms with E-state index in [1.165, 1.54) is 19.5 Å². The van der Waals surface area contributed by atoms with E-state index in [1.54, 1.807) is 18.2 Å². The molecule has 49 heavy (non-hydrogen) atoms. The first-order valence-electron chi connectivity index (χ1n) is 16.1. The van der Waals surface area contributed by atoms with Crippen molar-refractivity contribution in [1.82, 2.24) is 20.2 Å². The summed E-state index contributed by atoms with van der Waals surface area (Å²) in [5, 5.41) is 5.65. The molecular formula is C37H35N5O7. The van der Waals surface area contributed by atoms with Gasteiger partial charge in [-0.2, -0.15) is 0 Å². The Morgan fingerprint density at radius 1 is 0.816 bits per heavy atom. The maximum Gasteiger partial charge on any atom is 0.262 e. The SMILES string of the molecule is COc1cnc(Oc2ccc(C(C)(C)c3ccc(OC4CC(Nc5ccc6c(c5)C(=O)N(C5CCC(=O)NC5=O)C6=O)C4)cc3)cc2)cn1. The third kappa shape index (κ3) is 6.29. The van der Waals surface area contributed by atoms with Gasteiger partial charge >= 0.3 is 0 Å². The summed E-state index contributed by atoms with van der Waals surface area (Å²) < 4.78 is 17.1. The fourth-order valence-corrected chi connectivity index (χ4v) is 6.41. The van der Waals surface area contributed by atoms with Gasteiger partial charge < -0.3 is 19.5 Å². The van der Waals surface area contributed by atoms with Gasteiger partial charge in [-0.05, 0) is 60.0 Å². The molecule has 1 unspecified atom stereocenters. The third-order valence-corrected chi connectivity index (χ3v) is 9.40. The summed E-state index contributed by atoms with van der Waals surface area (Å²) >= 11 is 0. The van der Waals surface area contributed by atoms with Gasteiger partial charge in [0.25, 0.3) is 11.8 Å². The number of aromatic nitrogens is 2. The minimum Gasteiger partial charge on any atom is -0.490 e. The second-order valence-electron chi connectivity index (χ2n) is 12.9. The topological polar surface area (TPSA) is 149 Å². The summed E-state index contributed by atoms with van der Waals surface area (Å²) in [5.41, 5.74) is 3.24. The van der Waals surface area contributed by atoms with Crippen molar-refractivity contribution in [2.75, 3.05) is 12.4 Å². The summed E-state index contributed by atoms with van der Waals surface area (Å²) in [4.78, 5) is 59.3. The molecule has 2 N–H and O–H groups in total. The summed E-state index contributed by atoms with van der Waals surface area (Å²) in [5.74, 6) is 0.193. The molecule has 0 radical (unpaired) electrons. The van der Waals surface area contributed by atoms with E-state index in [4.69, 9.17) is 14.2 Å². The minimum absolute atomic E-state index is 0.0416. The number of hydrogen-bond donors (Lipinski definition) is 2. The van der Waals surface area contributed by atoms with Gasteiger partial charge in [-0.3, -0.25) is 29.4 Å². The van der Waals surface area contributed by atoms with Crippen LogP contribution < -0.4 is 24.8 Å². The van der Waals surface area contributed by atoms with Crippen LogP contribution in [0.5, 0.6) is 23.3 Å². The van der Waals surface area contributed by atoms with E-state index in [0.29, 0.717) is 23.2 Å². The molecule has 12 heteroatoms. The number of benzene rings is 3. The Kier molecular flexibility index (Phi) is 8.23. The number of carbonyl (C=O) groups excluding carboxylic acids is 4. The van der Waals surface area contributed by atoms with E-state index in [-0.39, 0.29) is 41.5 Å². The largest absolute Gasteiger partial charge is 0.490 e. The number of fused-ring (bicyclic) bond motifs is 1. The van der Waals surface area contributed by atoms with Crippen LogP contribution in [0.3, 0.4) is 0 Å². The minimum atomic E-state index is -0.986. The molecule has 1 saturated heterocycles. The number of amides is 4. The quantitative estimate of drug-likeness (QED) is 0.222. The molecule has 1 atom stereocenters. The van der Waals surface area contributed by atoms with Crippen LogP contribution in [-0.4, -0.2) is 63.8 Å². The van der Waals surface area contributed by atoms with Crippen molar-refractivity contribution in [1.29, 1.82) is 0 Å². The van der Waals surface area contributed by atoms with E-state index < -0.39 is 29.7 Å². The first-order chi connectivity index (χ1) is 23.6.